The predicted molar refractivity (Wildman–Crippen MR) is 230 cm³/mol. The van der Waals surface area contributed by atoms with Crippen molar-refractivity contribution >= 4 is 65.7 Å². The van der Waals surface area contributed by atoms with Crippen LogP contribution in [0.5, 0.6) is 0 Å². The first-order chi connectivity index (χ1) is 28.3. The van der Waals surface area contributed by atoms with Gasteiger partial charge >= 0.3 is 0 Å². The summed E-state index contributed by atoms with van der Waals surface area (Å²) in [5.74, 6) is 1.83. The molecule has 6 heteroatoms. The minimum absolute atomic E-state index is 0.592. The summed E-state index contributed by atoms with van der Waals surface area (Å²) in [6, 6.07) is 62.6. The van der Waals surface area contributed by atoms with Crippen LogP contribution in [0.4, 0.5) is 0 Å². The second-order valence-electron chi connectivity index (χ2n) is 14.3. The Kier molecular flexibility index (Phi) is 6.83. The van der Waals surface area contributed by atoms with Gasteiger partial charge < -0.3 is 13.4 Å². The van der Waals surface area contributed by atoms with Gasteiger partial charge in [0.15, 0.2) is 23.1 Å². The minimum Gasteiger partial charge on any atom is -0.456 e. The number of benzene rings is 8. The van der Waals surface area contributed by atoms with E-state index in [1.54, 1.807) is 0 Å². The van der Waals surface area contributed by atoms with Gasteiger partial charge in [0, 0.05) is 43.9 Å². The van der Waals surface area contributed by atoms with Crippen molar-refractivity contribution < 1.29 is 8.83 Å². The largest absolute Gasteiger partial charge is 0.456 e. The van der Waals surface area contributed by atoms with Crippen LogP contribution >= 0.6 is 0 Å². The minimum atomic E-state index is 0.592. The molecule has 0 amide bonds. The fraction of sp³-hybridized carbons (Fsp3) is 0. The fourth-order valence-electron chi connectivity index (χ4n) is 8.53. The maximum absolute atomic E-state index is 6.78. The number of aromatic nitrogens is 4. The van der Waals surface area contributed by atoms with Crippen molar-refractivity contribution in [3.63, 3.8) is 0 Å². The lowest BCUT2D eigenvalue weighted by molar-refractivity contribution is 0.669. The van der Waals surface area contributed by atoms with Gasteiger partial charge in [-0.2, -0.15) is 0 Å². The first kappa shape index (κ1) is 31.5. The van der Waals surface area contributed by atoms with Crippen molar-refractivity contribution in [2.24, 2.45) is 0 Å². The number of furan rings is 2. The molecule has 0 aliphatic heterocycles. The molecule has 57 heavy (non-hydrogen) atoms. The molecule has 12 rings (SSSR count). The van der Waals surface area contributed by atoms with Gasteiger partial charge in [-0.25, -0.2) is 15.0 Å². The van der Waals surface area contributed by atoms with Crippen LogP contribution in [0, 0.1) is 0 Å². The van der Waals surface area contributed by atoms with Crippen molar-refractivity contribution in [3.8, 4) is 51.0 Å². The summed E-state index contributed by atoms with van der Waals surface area (Å²) in [4.78, 5) is 15.1. The third-order valence-electron chi connectivity index (χ3n) is 11.0. The van der Waals surface area contributed by atoms with Gasteiger partial charge in [-0.05, 0) is 70.4 Å². The Balaban J connectivity index is 1.08. The Labute approximate surface area is 325 Å². The van der Waals surface area contributed by atoms with E-state index < -0.39 is 0 Å². The Morgan fingerprint density at radius 1 is 0.368 bits per heavy atom. The van der Waals surface area contributed by atoms with Gasteiger partial charge in [-0.3, -0.25) is 0 Å². The fourth-order valence-corrected chi connectivity index (χ4v) is 8.53. The molecule has 266 valence electrons. The molecule has 0 saturated carbocycles. The molecule has 0 unspecified atom stereocenters. The van der Waals surface area contributed by atoms with Crippen LogP contribution in [0.3, 0.4) is 0 Å². The van der Waals surface area contributed by atoms with E-state index in [2.05, 4.69) is 102 Å². The third-order valence-corrected chi connectivity index (χ3v) is 11.0. The number of hydrogen-bond acceptors (Lipinski definition) is 5. The van der Waals surface area contributed by atoms with Crippen LogP contribution < -0.4 is 0 Å². The van der Waals surface area contributed by atoms with Crippen LogP contribution in [0.25, 0.3) is 117 Å². The summed E-state index contributed by atoms with van der Waals surface area (Å²) in [6.45, 7) is 0. The summed E-state index contributed by atoms with van der Waals surface area (Å²) in [5.41, 5.74) is 11.5. The highest BCUT2D eigenvalue weighted by molar-refractivity contribution is 6.25. The van der Waals surface area contributed by atoms with Gasteiger partial charge in [-0.15, -0.1) is 0 Å². The average molecular weight is 731 g/mol. The predicted octanol–water partition coefficient (Wildman–Crippen LogP) is 13.4. The normalized spacial score (nSPS) is 11.9. The van der Waals surface area contributed by atoms with Crippen LogP contribution in [-0.4, -0.2) is 19.5 Å². The van der Waals surface area contributed by atoms with Gasteiger partial charge in [0.25, 0.3) is 0 Å². The molecule has 4 aromatic heterocycles. The number of fused-ring (bicyclic) bond motifs is 10. The quantitative estimate of drug-likeness (QED) is 0.176. The van der Waals surface area contributed by atoms with E-state index >= 15 is 0 Å². The standard InChI is InChI=1S/C51H30N4O2/c1-3-15-31(16-4-1)49-52-50(32-17-5-2-6-18-32)54-51(53-49)39-25-14-28-43-46(39)45-36-22-8-7-21-35(36)40(30-44(45)56-43)33-19-13-20-34(29-33)55-41-26-11-9-23-37(41)48-47(55)38-24-10-12-27-42(38)57-48/h1-30H. The molecule has 0 N–H and O–H groups in total. The summed E-state index contributed by atoms with van der Waals surface area (Å²) in [7, 11) is 0. The van der Waals surface area contributed by atoms with Crippen molar-refractivity contribution in [2.45, 2.75) is 0 Å². The number of para-hydroxylation sites is 2. The van der Waals surface area contributed by atoms with Gasteiger partial charge in [0.1, 0.15) is 22.3 Å². The van der Waals surface area contributed by atoms with Crippen LogP contribution in [0.15, 0.2) is 191 Å². The molecule has 4 heterocycles. The number of rotatable bonds is 5. The Morgan fingerprint density at radius 2 is 0.965 bits per heavy atom. The molecule has 6 nitrogen and oxygen atoms in total. The molecular weight excluding hydrogens is 701 g/mol. The molecule has 0 fully saturated rings. The maximum Gasteiger partial charge on any atom is 0.164 e. The highest BCUT2D eigenvalue weighted by Gasteiger charge is 2.22. The second kappa shape index (κ2) is 12.3. The summed E-state index contributed by atoms with van der Waals surface area (Å²) < 4.78 is 15.6. The molecule has 0 atom stereocenters. The number of hydrogen-bond donors (Lipinski definition) is 0. The zero-order valence-corrected chi connectivity index (χ0v) is 30.4. The molecular formula is C51H30N4O2. The lowest BCUT2D eigenvalue weighted by atomic mass is 9.93. The topological polar surface area (TPSA) is 69.9 Å². The monoisotopic (exact) mass is 730 g/mol. The zero-order valence-electron chi connectivity index (χ0n) is 30.4. The van der Waals surface area contributed by atoms with E-state index in [0.717, 1.165) is 99.2 Å². The number of nitrogens with zero attached hydrogens (tertiary/aromatic N) is 4. The van der Waals surface area contributed by atoms with E-state index in [-0.39, 0.29) is 0 Å². The van der Waals surface area contributed by atoms with E-state index in [9.17, 15) is 0 Å². The van der Waals surface area contributed by atoms with Crippen molar-refractivity contribution in [1.82, 2.24) is 19.5 Å². The Bertz CT molecular complexity index is 3460. The lowest BCUT2D eigenvalue weighted by Crippen LogP contribution is -2.00. The molecule has 0 radical (unpaired) electrons. The van der Waals surface area contributed by atoms with E-state index in [1.807, 2.05) is 84.9 Å². The van der Waals surface area contributed by atoms with E-state index in [1.165, 1.54) is 0 Å². The van der Waals surface area contributed by atoms with Gasteiger partial charge in [-0.1, -0.05) is 133 Å². The summed E-state index contributed by atoms with van der Waals surface area (Å²) in [6.07, 6.45) is 0. The van der Waals surface area contributed by atoms with Crippen LogP contribution in [0.1, 0.15) is 0 Å². The van der Waals surface area contributed by atoms with E-state index in [4.69, 9.17) is 23.8 Å². The van der Waals surface area contributed by atoms with Crippen LogP contribution in [0.2, 0.25) is 0 Å². The van der Waals surface area contributed by atoms with Crippen LogP contribution in [-0.2, 0) is 0 Å². The SMILES string of the molecule is c1ccc(-c2nc(-c3ccccc3)nc(-c3cccc4oc5cc(-c6cccc(-n7c8ccccc8c8oc9ccccc9c87)c6)c6ccccc6c5c34)n2)cc1. The van der Waals surface area contributed by atoms with E-state index in [0.29, 0.717) is 17.5 Å². The molecule has 0 saturated heterocycles. The average Bonchev–Trinajstić information content (AvgIpc) is 3.96. The highest BCUT2D eigenvalue weighted by atomic mass is 16.3. The van der Waals surface area contributed by atoms with Gasteiger partial charge in [0.2, 0.25) is 0 Å². The van der Waals surface area contributed by atoms with Crippen molar-refractivity contribution in [3.05, 3.63) is 182 Å². The molecule has 0 aliphatic rings. The van der Waals surface area contributed by atoms with Crippen molar-refractivity contribution in [2.75, 3.05) is 0 Å². The molecule has 12 aromatic rings. The van der Waals surface area contributed by atoms with Gasteiger partial charge in [0.05, 0.1) is 5.52 Å². The summed E-state index contributed by atoms with van der Waals surface area (Å²) in [5, 5.41) is 6.40. The summed E-state index contributed by atoms with van der Waals surface area (Å²) >= 11 is 0. The smallest absolute Gasteiger partial charge is 0.164 e. The highest BCUT2D eigenvalue weighted by Crippen LogP contribution is 2.44. The lowest BCUT2D eigenvalue weighted by Gasteiger charge is -2.13. The molecule has 8 aromatic carbocycles. The van der Waals surface area contributed by atoms with Crippen molar-refractivity contribution in [1.29, 1.82) is 0 Å². The molecule has 0 spiro atoms. The first-order valence-corrected chi connectivity index (χ1v) is 19.0. The zero-order chi connectivity index (χ0) is 37.5. The maximum atomic E-state index is 6.78. The molecule has 0 bridgehead atoms. The molecule has 0 aliphatic carbocycles. The second-order valence-corrected chi connectivity index (χ2v) is 14.3. The third kappa shape index (κ3) is 4.87. The Hall–Kier alpha value is -7.83. The Morgan fingerprint density at radius 3 is 1.74 bits per heavy atom. The first-order valence-electron chi connectivity index (χ1n) is 19.0.